The average molecular weight is 403 g/mol. The van der Waals surface area contributed by atoms with Gasteiger partial charge >= 0.3 is 0 Å². The second-order valence-corrected chi connectivity index (χ2v) is 8.84. The monoisotopic (exact) mass is 402 g/mol. The van der Waals surface area contributed by atoms with Gasteiger partial charge in [-0.3, -0.25) is 0 Å². The second-order valence-electron chi connectivity index (χ2n) is 6.02. The normalized spacial score (nSPS) is 10.9. The lowest BCUT2D eigenvalue weighted by Crippen LogP contribution is -2.00. The molecule has 0 bridgehead atoms. The van der Waals surface area contributed by atoms with Crippen molar-refractivity contribution in [1.29, 1.82) is 0 Å². The summed E-state index contributed by atoms with van der Waals surface area (Å²) in [5.41, 5.74) is 2.60. The van der Waals surface area contributed by atoms with E-state index in [4.69, 9.17) is 9.47 Å². The lowest BCUT2D eigenvalue weighted by molar-refractivity contribution is 0.395. The van der Waals surface area contributed by atoms with Crippen molar-refractivity contribution in [2.24, 2.45) is 0 Å². The molecule has 0 aliphatic rings. The SMILES string of the molecule is COc1ccc(Nc2nccc(-c3sc(SC(C)C)nc3C)n2)c(OC)c1. The molecule has 0 aliphatic heterocycles. The number of benzene rings is 1. The van der Waals surface area contributed by atoms with Crippen LogP contribution in [0.4, 0.5) is 11.6 Å². The van der Waals surface area contributed by atoms with Gasteiger partial charge in [0.25, 0.3) is 0 Å². The van der Waals surface area contributed by atoms with Crippen molar-refractivity contribution >= 4 is 34.7 Å². The van der Waals surface area contributed by atoms with E-state index in [-0.39, 0.29) is 0 Å². The highest BCUT2D eigenvalue weighted by Gasteiger charge is 2.14. The fourth-order valence-electron chi connectivity index (χ4n) is 2.43. The van der Waals surface area contributed by atoms with Crippen molar-refractivity contribution in [2.75, 3.05) is 19.5 Å². The molecule has 0 saturated carbocycles. The molecule has 0 amide bonds. The Hall–Kier alpha value is -2.32. The Morgan fingerprint density at radius 2 is 1.93 bits per heavy atom. The number of hydrogen-bond acceptors (Lipinski definition) is 8. The van der Waals surface area contributed by atoms with Crippen molar-refractivity contribution in [3.05, 3.63) is 36.2 Å². The lowest BCUT2D eigenvalue weighted by Gasteiger charge is -2.11. The fourth-order valence-corrected chi connectivity index (χ4v) is 4.81. The molecule has 0 unspecified atom stereocenters. The summed E-state index contributed by atoms with van der Waals surface area (Å²) in [4.78, 5) is 14.7. The van der Waals surface area contributed by atoms with Crippen molar-refractivity contribution in [2.45, 2.75) is 30.4 Å². The van der Waals surface area contributed by atoms with Crippen LogP contribution >= 0.6 is 23.1 Å². The Morgan fingerprint density at radius 1 is 1.11 bits per heavy atom. The largest absolute Gasteiger partial charge is 0.497 e. The second kappa shape index (κ2) is 8.58. The number of nitrogens with zero attached hydrogens (tertiary/aromatic N) is 3. The topological polar surface area (TPSA) is 69.2 Å². The number of aryl methyl sites for hydroxylation is 1. The maximum Gasteiger partial charge on any atom is 0.227 e. The minimum atomic E-state index is 0.494. The number of methoxy groups -OCH3 is 2. The van der Waals surface area contributed by atoms with Gasteiger partial charge in [0.15, 0.2) is 4.34 Å². The minimum absolute atomic E-state index is 0.494. The minimum Gasteiger partial charge on any atom is -0.497 e. The summed E-state index contributed by atoms with van der Waals surface area (Å²) >= 11 is 3.42. The number of thiazole rings is 1. The number of aromatic nitrogens is 3. The van der Waals surface area contributed by atoms with E-state index in [1.54, 1.807) is 43.5 Å². The highest BCUT2D eigenvalue weighted by Crippen LogP contribution is 2.36. The third-order valence-corrected chi connectivity index (χ3v) is 5.93. The Balaban J connectivity index is 1.87. The third-order valence-electron chi connectivity index (χ3n) is 3.66. The van der Waals surface area contributed by atoms with Gasteiger partial charge < -0.3 is 14.8 Å². The van der Waals surface area contributed by atoms with Crippen LogP contribution in [0.1, 0.15) is 19.5 Å². The first kappa shape index (κ1) is 19.4. The Morgan fingerprint density at radius 3 is 2.63 bits per heavy atom. The van der Waals surface area contributed by atoms with Crippen LogP contribution in [0, 0.1) is 6.92 Å². The summed E-state index contributed by atoms with van der Waals surface area (Å²) in [6.45, 7) is 6.34. The highest BCUT2D eigenvalue weighted by molar-refractivity contribution is 8.01. The van der Waals surface area contributed by atoms with Gasteiger partial charge in [0.2, 0.25) is 5.95 Å². The first-order chi connectivity index (χ1) is 13.0. The molecule has 1 aromatic carbocycles. The smallest absolute Gasteiger partial charge is 0.227 e. The van der Waals surface area contributed by atoms with Crippen LogP contribution < -0.4 is 14.8 Å². The summed E-state index contributed by atoms with van der Waals surface area (Å²) < 4.78 is 11.7. The van der Waals surface area contributed by atoms with E-state index in [1.807, 2.05) is 31.2 Å². The van der Waals surface area contributed by atoms with Gasteiger partial charge in [0.05, 0.1) is 36.2 Å². The molecule has 3 aromatic rings. The standard InChI is InChI=1S/C19H22N4O2S2/c1-11(2)26-19-21-12(3)17(27-19)15-8-9-20-18(23-15)22-14-7-6-13(24-4)10-16(14)25-5/h6-11H,1-5H3,(H,20,22,23). The van der Waals surface area contributed by atoms with E-state index >= 15 is 0 Å². The number of anilines is 2. The third kappa shape index (κ3) is 4.70. The van der Waals surface area contributed by atoms with Crippen LogP contribution in [0.3, 0.4) is 0 Å². The van der Waals surface area contributed by atoms with Crippen LogP contribution in [0.2, 0.25) is 0 Å². The molecule has 2 aromatic heterocycles. The summed E-state index contributed by atoms with van der Waals surface area (Å²) in [6.07, 6.45) is 1.75. The zero-order valence-corrected chi connectivity index (χ0v) is 17.6. The number of thioether (sulfide) groups is 1. The molecule has 0 atom stereocenters. The van der Waals surface area contributed by atoms with E-state index in [9.17, 15) is 0 Å². The van der Waals surface area contributed by atoms with Crippen LogP contribution in [-0.2, 0) is 0 Å². The maximum atomic E-state index is 5.43. The van der Waals surface area contributed by atoms with Crippen LogP contribution in [0.15, 0.2) is 34.8 Å². The molecule has 0 saturated heterocycles. The molecule has 0 spiro atoms. The molecule has 1 N–H and O–H groups in total. The summed E-state index contributed by atoms with van der Waals surface area (Å²) in [5.74, 6) is 1.89. The number of ether oxygens (including phenoxy) is 2. The predicted molar refractivity (Wildman–Crippen MR) is 112 cm³/mol. The molecular weight excluding hydrogens is 380 g/mol. The zero-order valence-electron chi connectivity index (χ0n) is 15.9. The van der Waals surface area contributed by atoms with Gasteiger partial charge in [-0.2, -0.15) is 0 Å². The summed E-state index contributed by atoms with van der Waals surface area (Å²) in [5, 5.41) is 3.71. The molecular formula is C19H22N4O2S2. The van der Waals surface area contributed by atoms with E-state index in [1.165, 1.54) is 0 Å². The quantitative estimate of drug-likeness (QED) is 0.547. The van der Waals surface area contributed by atoms with Crippen LogP contribution in [0.5, 0.6) is 11.5 Å². The van der Waals surface area contributed by atoms with Gasteiger partial charge in [-0.1, -0.05) is 25.6 Å². The summed E-state index contributed by atoms with van der Waals surface area (Å²) in [7, 11) is 3.24. The predicted octanol–water partition coefficient (Wildman–Crippen LogP) is 5.17. The van der Waals surface area contributed by atoms with Crippen molar-refractivity contribution < 1.29 is 9.47 Å². The Kier molecular flexibility index (Phi) is 6.18. The van der Waals surface area contributed by atoms with E-state index in [0.29, 0.717) is 16.9 Å². The Labute approximate surface area is 167 Å². The van der Waals surface area contributed by atoms with Gasteiger partial charge in [0.1, 0.15) is 11.5 Å². The van der Waals surface area contributed by atoms with E-state index < -0.39 is 0 Å². The summed E-state index contributed by atoms with van der Waals surface area (Å²) in [6, 6.07) is 7.45. The Bertz CT molecular complexity index is 928. The molecule has 27 heavy (non-hydrogen) atoms. The number of rotatable bonds is 7. The fraction of sp³-hybridized carbons (Fsp3) is 0.316. The molecule has 3 rings (SSSR count). The number of nitrogens with one attached hydrogen (secondary N) is 1. The first-order valence-electron chi connectivity index (χ1n) is 8.46. The molecule has 0 aliphatic carbocycles. The molecule has 8 heteroatoms. The lowest BCUT2D eigenvalue weighted by atomic mass is 10.2. The number of hydrogen-bond donors (Lipinski definition) is 1. The molecule has 142 valence electrons. The van der Waals surface area contributed by atoms with Crippen LogP contribution in [0.25, 0.3) is 10.6 Å². The first-order valence-corrected chi connectivity index (χ1v) is 10.2. The van der Waals surface area contributed by atoms with Gasteiger partial charge in [-0.05, 0) is 25.1 Å². The molecule has 0 radical (unpaired) electrons. The van der Waals surface area contributed by atoms with Crippen molar-refractivity contribution in [3.63, 3.8) is 0 Å². The van der Waals surface area contributed by atoms with Crippen molar-refractivity contribution in [3.8, 4) is 22.1 Å². The highest BCUT2D eigenvalue weighted by atomic mass is 32.2. The van der Waals surface area contributed by atoms with Gasteiger partial charge in [0, 0.05) is 17.5 Å². The van der Waals surface area contributed by atoms with Crippen molar-refractivity contribution in [1.82, 2.24) is 15.0 Å². The molecule has 6 nitrogen and oxygen atoms in total. The maximum absolute atomic E-state index is 5.43. The van der Waals surface area contributed by atoms with Gasteiger partial charge in [-0.15, -0.1) is 11.3 Å². The van der Waals surface area contributed by atoms with Gasteiger partial charge in [-0.25, -0.2) is 15.0 Å². The van der Waals surface area contributed by atoms with E-state index in [2.05, 4.69) is 34.1 Å². The van der Waals surface area contributed by atoms with E-state index in [0.717, 1.165) is 32.0 Å². The zero-order chi connectivity index (χ0) is 19.4. The molecule has 0 fully saturated rings. The molecule has 2 heterocycles. The average Bonchev–Trinajstić information content (AvgIpc) is 3.01. The van der Waals surface area contributed by atoms with Crippen LogP contribution in [-0.4, -0.2) is 34.4 Å².